The van der Waals surface area contributed by atoms with Crippen molar-refractivity contribution in [3.63, 3.8) is 0 Å². The van der Waals surface area contributed by atoms with Crippen molar-refractivity contribution in [1.29, 1.82) is 0 Å². The highest BCUT2D eigenvalue weighted by Crippen LogP contribution is 2.29. The molecule has 0 bridgehead atoms. The van der Waals surface area contributed by atoms with Crippen LogP contribution in [0.1, 0.15) is 12.5 Å². The molecule has 0 amide bonds. The van der Waals surface area contributed by atoms with Crippen LogP contribution in [0.5, 0.6) is 17.2 Å². The van der Waals surface area contributed by atoms with Crippen LogP contribution in [0, 0.1) is 0 Å². The van der Waals surface area contributed by atoms with Crippen LogP contribution in [0.4, 0.5) is 0 Å². The van der Waals surface area contributed by atoms with Gasteiger partial charge in [-0.1, -0.05) is 11.6 Å². The first-order valence-electron chi connectivity index (χ1n) is 6.62. The Balaban J connectivity index is 2.16. The number of hydrogen-bond acceptors (Lipinski definition) is 3. The van der Waals surface area contributed by atoms with Crippen molar-refractivity contribution in [2.75, 3.05) is 13.2 Å². The molecule has 0 saturated carbocycles. The molecule has 0 aliphatic carbocycles. The second-order valence-electron chi connectivity index (χ2n) is 4.30. The van der Waals surface area contributed by atoms with Crippen LogP contribution >= 0.6 is 11.6 Å². The van der Waals surface area contributed by atoms with E-state index in [0.29, 0.717) is 18.2 Å². The molecule has 0 unspecified atom stereocenters. The Hall–Kier alpha value is -1.71. The Morgan fingerprint density at radius 1 is 1.05 bits per heavy atom. The quantitative estimate of drug-likeness (QED) is 0.874. The van der Waals surface area contributed by atoms with Gasteiger partial charge in [-0.25, -0.2) is 0 Å². The van der Waals surface area contributed by atoms with Gasteiger partial charge in [-0.2, -0.15) is 0 Å². The van der Waals surface area contributed by atoms with Crippen molar-refractivity contribution in [3.8, 4) is 17.2 Å². The monoisotopic (exact) mass is 291 g/mol. The number of hydrogen-bond donors (Lipinski definition) is 1. The fourth-order valence-corrected chi connectivity index (χ4v) is 2.09. The molecule has 3 nitrogen and oxygen atoms in total. The number of halogens is 1. The van der Waals surface area contributed by atoms with Crippen LogP contribution in [0.3, 0.4) is 0 Å². The molecule has 0 aromatic heterocycles. The smallest absolute Gasteiger partial charge is 0.130 e. The van der Waals surface area contributed by atoms with E-state index in [2.05, 4.69) is 0 Å². The zero-order chi connectivity index (χ0) is 14.4. The molecular formula is C16H18ClNO2. The molecule has 0 radical (unpaired) electrons. The number of nitrogens with two attached hydrogens (primary N) is 1. The van der Waals surface area contributed by atoms with Gasteiger partial charge < -0.3 is 15.2 Å². The van der Waals surface area contributed by atoms with Crippen LogP contribution in [0.2, 0.25) is 5.02 Å². The molecule has 20 heavy (non-hydrogen) atoms. The minimum Gasteiger partial charge on any atom is -0.494 e. The zero-order valence-electron chi connectivity index (χ0n) is 11.4. The minimum absolute atomic E-state index is 0.556. The lowest BCUT2D eigenvalue weighted by Crippen LogP contribution is -2.04. The first-order valence-corrected chi connectivity index (χ1v) is 7.00. The highest BCUT2D eigenvalue weighted by atomic mass is 35.5. The fraction of sp³-hybridized carbons (Fsp3) is 0.250. The summed E-state index contributed by atoms with van der Waals surface area (Å²) < 4.78 is 11.3. The summed E-state index contributed by atoms with van der Waals surface area (Å²) in [6.45, 7) is 3.16. The average molecular weight is 292 g/mol. The van der Waals surface area contributed by atoms with Crippen molar-refractivity contribution in [2.24, 2.45) is 5.73 Å². The van der Waals surface area contributed by atoms with E-state index in [1.807, 2.05) is 49.4 Å². The van der Waals surface area contributed by atoms with Gasteiger partial charge in [0.05, 0.1) is 6.61 Å². The Morgan fingerprint density at radius 2 is 1.75 bits per heavy atom. The van der Waals surface area contributed by atoms with Gasteiger partial charge in [-0.3, -0.25) is 0 Å². The maximum absolute atomic E-state index is 6.00. The van der Waals surface area contributed by atoms with Gasteiger partial charge >= 0.3 is 0 Å². The molecule has 2 aromatic carbocycles. The van der Waals surface area contributed by atoms with Gasteiger partial charge in [0, 0.05) is 5.02 Å². The van der Waals surface area contributed by atoms with Crippen LogP contribution in [0.25, 0.3) is 0 Å². The largest absolute Gasteiger partial charge is 0.494 e. The van der Waals surface area contributed by atoms with Gasteiger partial charge in [-0.05, 0) is 67.9 Å². The van der Waals surface area contributed by atoms with Gasteiger partial charge in [-0.15, -0.1) is 0 Å². The molecule has 0 heterocycles. The van der Waals surface area contributed by atoms with E-state index in [-0.39, 0.29) is 0 Å². The molecular weight excluding hydrogens is 274 g/mol. The Labute approximate surface area is 124 Å². The van der Waals surface area contributed by atoms with Gasteiger partial charge in [0.2, 0.25) is 0 Å². The number of rotatable bonds is 6. The summed E-state index contributed by atoms with van der Waals surface area (Å²) in [7, 11) is 0. The topological polar surface area (TPSA) is 44.5 Å². The molecule has 2 N–H and O–H groups in total. The summed E-state index contributed by atoms with van der Waals surface area (Å²) in [5.74, 6) is 2.37. The Kier molecular flexibility index (Phi) is 5.27. The summed E-state index contributed by atoms with van der Waals surface area (Å²) in [6.07, 6.45) is 0.729. The van der Waals surface area contributed by atoms with E-state index in [9.17, 15) is 0 Å². The van der Waals surface area contributed by atoms with Gasteiger partial charge in [0.25, 0.3) is 0 Å². The van der Waals surface area contributed by atoms with E-state index in [0.717, 1.165) is 29.2 Å². The maximum atomic E-state index is 6.00. The highest BCUT2D eigenvalue weighted by molar-refractivity contribution is 6.30. The lowest BCUT2D eigenvalue weighted by Gasteiger charge is -2.11. The molecule has 4 heteroatoms. The zero-order valence-corrected chi connectivity index (χ0v) is 12.2. The van der Waals surface area contributed by atoms with Crippen LogP contribution in [-0.2, 0) is 6.42 Å². The standard InChI is InChI=1S/C16H18ClNO2/c1-2-19-14-4-6-15(7-5-14)20-16-8-3-13(17)11-12(16)9-10-18/h3-8,11H,2,9-10,18H2,1H3. The molecule has 0 aliphatic rings. The predicted octanol–water partition coefficient (Wildman–Crippen LogP) is 4.03. The third-order valence-corrected chi connectivity index (χ3v) is 3.03. The van der Waals surface area contributed by atoms with E-state index < -0.39 is 0 Å². The molecule has 2 rings (SSSR count). The number of ether oxygens (including phenoxy) is 2. The molecule has 0 fully saturated rings. The first-order chi connectivity index (χ1) is 9.72. The summed E-state index contributed by atoms with van der Waals surface area (Å²) >= 11 is 6.00. The number of benzene rings is 2. The third-order valence-electron chi connectivity index (χ3n) is 2.80. The predicted molar refractivity (Wildman–Crippen MR) is 81.9 cm³/mol. The van der Waals surface area contributed by atoms with Gasteiger partial charge in [0.15, 0.2) is 0 Å². The molecule has 0 aliphatic heterocycles. The Morgan fingerprint density at radius 3 is 2.40 bits per heavy atom. The van der Waals surface area contributed by atoms with Crippen LogP contribution in [0.15, 0.2) is 42.5 Å². The molecule has 0 saturated heterocycles. The summed E-state index contributed by atoms with van der Waals surface area (Å²) in [4.78, 5) is 0. The second kappa shape index (κ2) is 7.17. The van der Waals surface area contributed by atoms with Crippen LogP contribution in [-0.4, -0.2) is 13.2 Å². The van der Waals surface area contributed by atoms with Crippen molar-refractivity contribution in [3.05, 3.63) is 53.1 Å². The molecule has 106 valence electrons. The minimum atomic E-state index is 0.556. The average Bonchev–Trinajstić information content (AvgIpc) is 2.44. The van der Waals surface area contributed by atoms with E-state index in [1.54, 1.807) is 0 Å². The second-order valence-corrected chi connectivity index (χ2v) is 4.73. The lowest BCUT2D eigenvalue weighted by atomic mass is 10.1. The van der Waals surface area contributed by atoms with Crippen molar-refractivity contribution >= 4 is 11.6 Å². The van der Waals surface area contributed by atoms with E-state index in [4.69, 9.17) is 26.8 Å². The van der Waals surface area contributed by atoms with Crippen molar-refractivity contribution in [1.82, 2.24) is 0 Å². The normalized spacial score (nSPS) is 10.3. The van der Waals surface area contributed by atoms with Crippen molar-refractivity contribution in [2.45, 2.75) is 13.3 Å². The molecule has 2 aromatic rings. The highest BCUT2D eigenvalue weighted by Gasteiger charge is 2.06. The van der Waals surface area contributed by atoms with Gasteiger partial charge in [0.1, 0.15) is 17.2 Å². The summed E-state index contributed by atoms with van der Waals surface area (Å²) in [5, 5.41) is 0.687. The van der Waals surface area contributed by atoms with Crippen LogP contribution < -0.4 is 15.2 Å². The van der Waals surface area contributed by atoms with E-state index in [1.165, 1.54) is 0 Å². The van der Waals surface area contributed by atoms with E-state index >= 15 is 0 Å². The molecule has 0 atom stereocenters. The summed E-state index contributed by atoms with van der Waals surface area (Å²) in [6, 6.07) is 13.1. The first kappa shape index (κ1) is 14.7. The third kappa shape index (κ3) is 3.89. The van der Waals surface area contributed by atoms with Crippen molar-refractivity contribution < 1.29 is 9.47 Å². The Bertz CT molecular complexity index is 555. The SMILES string of the molecule is CCOc1ccc(Oc2ccc(Cl)cc2CCN)cc1. The molecule has 0 spiro atoms. The lowest BCUT2D eigenvalue weighted by molar-refractivity contribution is 0.339. The maximum Gasteiger partial charge on any atom is 0.130 e. The fourth-order valence-electron chi connectivity index (χ4n) is 1.90. The summed E-state index contributed by atoms with van der Waals surface area (Å²) in [5.41, 5.74) is 6.62.